The summed E-state index contributed by atoms with van der Waals surface area (Å²) in [6.45, 7) is 1.39. The van der Waals surface area contributed by atoms with E-state index in [1.807, 2.05) is 54.6 Å². The second-order valence-corrected chi connectivity index (χ2v) is 5.66. The third kappa shape index (κ3) is 2.18. The number of nitrogens with one attached hydrogen (secondary N) is 2. The maximum atomic E-state index is 12.6. The summed E-state index contributed by atoms with van der Waals surface area (Å²) in [5.74, 6) is -0.301. The largest absolute Gasteiger partial charge is 0.353 e. The van der Waals surface area contributed by atoms with Crippen LogP contribution in [0.15, 0.2) is 65.5 Å². The van der Waals surface area contributed by atoms with E-state index in [9.17, 15) is 9.59 Å². The average Bonchev–Trinajstić information content (AvgIpc) is 2.94. The highest BCUT2D eigenvalue weighted by atomic mass is 16.2. The molecule has 0 saturated carbocycles. The Hall–Kier alpha value is -3.34. The number of fused-ring (bicyclic) bond motifs is 3. The van der Waals surface area contributed by atoms with Crippen LogP contribution in [0.3, 0.4) is 0 Å². The molecule has 2 aromatic carbocycles. The second-order valence-electron chi connectivity index (χ2n) is 5.66. The first-order valence-corrected chi connectivity index (χ1v) is 7.64. The highest BCUT2D eigenvalue weighted by molar-refractivity contribution is 6.11. The Balaban J connectivity index is 2.18. The number of pyridine rings is 1. The molecule has 24 heavy (non-hydrogen) atoms. The maximum absolute atomic E-state index is 12.6. The molecule has 0 radical (unpaired) electrons. The Bertz CT molecular complexity index is 1120. The lowest BCUT2D eigenvalue weighted by Gasteiger charge is -2.14. The first-order valence-electron chi connectivity index (χ1n) is 7.64. The summed E-state index contributed by atoms with van der Waals surface area (Å²) >= 11 is 0. The van der Waals surface area contributed by atoms with Gasteiger partial charge in [-0.1, -0.05) is 48.5 Å². The summed E-state index contributed by atoms with van der Waals surface area (Å²) in [6, 6.07) is 18.9. The van der Waals surface area contributed by atoms with Crippen LogP contribution in [-0.2, 0) is 4.79 Å². The molecule has 0 spiro atoms. The number of rotatable bonds is 2. The molecular weight excluding hydrogens is 302 g/mol. The highest BCUT2D eigenvalue weighted by Gasteiger charge is 2.16. The Labute approximate surface area is 137 Å². The molecule has 0 aliphatic heterocycles. The summed E-state index contributed by atoms with van der Waals surface area (Å²) in [5.41, 5.74) is 5.60. The first kappa shape index (κ1) is 14.3. The molecule has 5 nitrogen and oxygen atoms in total. The Morgan fingerprint density at radius 2 is 1.71 bits per heavy atom. The van der Waals surface area contributed by atoms with E-state index in [-0.39, 0.29) is 11.5 Å². The molecule has 2 N–H and O–H groups in total. The molecule has 118 valence electrons. The van der Waals surface area contributed by atoms with Crippen LogP contribution in [0.25, 0.3) is 33.1 Å². The summed E-state index contributed by atoms with van der Waals surface area (Å²) in [6.07, 6.45) is 0. The highest BCUT2D eigenvalue weighted by Crippen LogP contribution is 2.31. The third-order valence-corrected chi connectivity index (χ3v) is 4.01. The monoisotopic (exact) mass is 317 g/mol. The summed E-state index contributed by atoms with van der Waals surface area (Å²) in [4.78, 5) is 27.6. The maximum Gasteiger partial charge on any atom is 0.270 e. The first-order chi connectivity index (χ1) is 11.6. The number of hydrogen-bond acceptors (Lipinski definition) is 2. The van der Waals surface area contributed by atoms with Gasteiger partial charge in [0.15, 0.2) is 0 Å². The number of para-hydroxylation sites is 1. The topological polar surface area (TPSA) is 66.9 Å². The Kier molecular flexibility index (Phi) is 3.20. The van der Waals surface area contributed by atoms with Crippen LogP contribution in [0, 0.1) is 0 Å². The van der Waals surface area contributed by atoms with Crippen LogP contribution in [-0.4, -0.2) is 15.6 Å². The zero-order valence-corrected chi connectivity index (χ0v) is 13.0. The lowest BCUT2D eigenvalue weighted by molar-refractivity contribution is -0.115. The van der Waals surface area contributed by atoms with Crippen molar-refractivity contribution in [1.29, 1.82) is 0 Å². The van der Waals surface area contributed by atoms with Crippen LogP contribution < -0.4 is 11.0 Å². The minimum atomic E-state index is -0.301. The van der Waals surface area contributed by atoms with Crippen molar-refractivity contribution in [2.45, 2.75) is 6.92 Å². The minimum absolute atomic E-state index is 0.277. The number of amides is 1. The molecule has 0 fully saturated rings. The Morgan fingerprint density at radius 1 is 1.00 bits per heavy atom. The zero-order valence-electron chi connectivity index (χ0n) is 13.0. The molecule has 2 aromatic heterocycles. The third-order valence-electron chi connectivity index (χ3n) is 4.01. The predicted molar refractivity (Wildman–Crippen MR) is 95.5 cm³/mol. The fraction of sp³-hybridized carbons (Fsp3) is 0.0526. The van der Waals surface area contributed by atoms with E-state index < -0.39 is 0 Å². The van der Waals surface area contributed by atoms with Crippen molar-refractivity contribution in [1.82, 2.24) is 9.66 Å². The predicted octanol–water partition coefficient (Wildman–Crippen LogP) is 3.24. The molecule has 0 aliphatic carbocycles. The van der Waals surface area contributed by atoms with Gasteiger partial charge in [-0.3, -0.25) is 15.0 Å². The van der Waals surface area contributed by atoms with Crippen LogP contribution in [0.4, 0.5) is 0 Å². The van der Waals surface area contributed by atoms with Crippen LogP contribution in [0.1, 0.15) is 6.92 Å². The lowest BCUT2D eigenvalue weighted by Crippen LogP contribution is -2.32. The van der Waals surface area contributed by atoms with E-state index in [0.717, 1.165) is 27.4 Å². The van der Waals surface area contributed by atoms with Crippen LogP contribution in [0.2, 0.25) is 0 Å². The van der Waals surface area contributed by atoms with Crippen LogP contribution in [0.5, 0.6) is 0 Å². The van der Waals surface area contributed by atoms with E-state index in [1.54, 1.807) is 6.07 Å². The quantitative estimate of drug-likeness (QED) is 0.596. The average molecular weight is 317 g/mol. The van der Waals surface area contributed by atoms with E-state index in [4.69, 9.17) is 0 Å². The van der Waals surface area contributed by atoms with Gasteiger partial charge in [-0.25, -0.2) is 4.68 Å². The van der Waals surface area contributed by atoms with E-state index >= 15 is 0 Å². The van der Waals surface area contributed by atoms with Crippen molar-refractivity contribution < 1.29 is 4.79 Å². The Morgan fingerprint density at radius 3 is 2.46 bits per heavy atom. The van der Waals surface area contributed by atoms with E-state index in [2.05, 4.69) is 10.4 Å². The smallest absolute Gasteiger partial charge is 0.270 e. The van der Waals surface area contributed by atoms with Gasteiger partial charge in [0.25, 0.3) is 5.56 Å². The van der Waals surface area contributed by atoms with Gasteiger partial charge in [0.2, 0.25) is 5.91 Å². The standard InChI is InChI=1S/C19H15N3O2/c1-12(23)21-22-17(24)11-15-14-9-5-6-10-16(14)20-18(15)19(22)13-7-3-2-4-8-13/h2-11,20H,1H3,(H,21,23). The SMILES string of the molecule is CC(=O)Nn1c(-c2ccccc2)c2[nH]c3ccccc3c2cc1=O. The summed E-state index contributed by atoms with van der Waals surface area (Å²) in [7, 11) is 0. The van der Waals surface area contributed by atoms with Gasteiger partial charge in [-0.15, -0.1) is 0 Å². The molecule has 0 unspecified atom stereocenters. The molecule has 2 heterocycles. The van der Waals surface area contributed by atoms with Gasteiger partial charge in [0, 0.05) is 34.8 Å². The number of benzene rings is 2. The van der Waals surface area contributed by atoms with Crippen molar-refractivity contribution in [2.24, 2.45) is 0 Å². The molecule has 0 atom stereocenters. The number of hydrogen-bond donors (Lipinski definition) is 2. The summed E-state index contributed by atoms with van der Waals surface area (Å²) in [5, 5.41) is 1.83. The molecule has 4 aromatic rings. The minimum Gasteiger partial charge on any atom is -0.353 e. The molecule has 0 bridgehead atoms. The zero-order chi connectivity index (χ0) is 16.7. The van der Waals surface area contributed by atoms with Crippen molar-refractivity contribution in [3.05, 3.63) is 71.0 Å². The molecule has 5 heteroatoms. The normalized spacial score (nSPS) is 11.0. The number of aromatic amines is 1. The molecule has 1 amide bonds. The number of carbonyl (C=O) groups is 1. The van der Waals surface area contributed by atoms with Crippen molar-refractivity contribution >= 4 is 27.7 Å². The fourth-order valence-electron chi connectivity index (χ4n) is 3.05. The van der Waals surface area contributed by atoms with Gasteiger partial charge in [-0.05, 0) is 6.07 Å². The van der Waals surface area contributed by atoms with Gasteiger partial charge >= 0.3 is 0 Å². The molecule has 0 saturated heterocycles. The van der Waals surface area contributed by atoms with Crippen molar-refractivity contribution in [3.63, 3.8) is 0 Å². The number of aromatic nitrogens is 2. The van der Waals surface area contributed by atoms with E-state index in [1.165, 1.54) is 11.6 Å². The van der Waals surface area contributed by atoms with E-state index in [0.29, 0.717) is 5.69 Å². The van der Waals surface area contributed by atoms with Crippen molar-refractivity contribution in [3.8, 4) is 11.3 Å². The number of H-pyrrole nitrogens is 1. The molecule has 0 aliphatic rings. The molecule has 4 rings (SSSR count). The number of carbonyl (C=O) groups excluding carboxylic acids is 1. The van der Waals surface area contributed by atoms with Gasteiger partial charge in [0.05, 0.1) is 11.2 Å². The molecular formula is C19H15N3O2. The second kappa shape index (κ2) is 5.38. The number of nitrogens with zero attached hydrogens (tertiary/aromatic N) is 1. The van der Waals surface area contributed by atoms with Gasteiger partial charge in [0.1, 0.15) is 0 Å². The lowest BCUT2D eigenvalue weighted by atomic mass is 10.1. The van der Waals surface area contributed by atoms with Gasteiger partial charge in [-0.2, -0.15) is 0 Å². The fourth-order valence-corrected chi connectivity index (χ4v) is 3.05. The van der Waals surface area contributed by atoms with Crippen molar-refractivity contribution in [2.75, 3.05) is 5.43 Å². The van der Waals surface area contributed by atoms with Crippen LogP contribution >= 0.6 is 0 Å². The summed E-state index contributed by atoms with van der Waals surface area (Å²) < 4.78 is 1.30. The van der Waals surface area contributed by atoms with Gasteiger partial charge < -0.3 is 4.98 Å².